The summed E-state index contributed by atoms with van der Waals surface area (Å²) in [6.07, 6.45) is 3.60. The van der Waals surface area contributed by atoms with Crippen LogP contribution in [0.25, 0.3) is 0 Å². The van der Waals surface area contributed by atoms with E-state index in [0.29, 0.717) is 44.9 Å². The highest BCUT2D eigenvalue weighted by Crippen LogP contribution is 2.31. The van der Waals surface area contributed by atoms with E-state index in [0.717, 1.165) is 67.3 Å². The Labute approximate surface area is 252 Å². The van der Waals surface area contributed by atoms with Gasteiger partial charge in [0.1, 0.15) is 0 Å². The van der Waals surface area contributed by atoms with Crippen LogP contribution in [0, 0.1) is 13.8 Å². The highest BCUT2D eigenvalue weighted by Gasteiger charge is 2.31. The second-order valence-electron chi connectivity index (χ2n) is 11.8. The van der Waals surface area contributed by atoms with Gasteiger partial charge in [-0.15, -0.1) is 0 Å². The minimum absolute atomic E-state index is 0.0160. The second-order valence-corrected chi connectivity index (χ2v) is 11.8. The fourth-order valence-electron chi connectivity index (χ4n) is 6.73. The number of hydrogen-bond donors (Lipinski definition) is 6. The van der Waals surface area contributed by atoms with Crippen LogP contribution in [0.15, 0.2) is 22.3 Å². The SMILES string of the molecule is CCC1=C(C)C(Cc2[nH]c(Cc3[nH]c(CC4NC(=O)C(CC)=C4C)c(C)c3CCC(=O)O)c(CCC(=O)O)c2C)NC1=O. The minimum Gasteiger partial charge on any atom is -0.481 e. The molecule has 2 aromatic heterocycles. The van der Waals surface area contributed by atoms with E-state index in [2.05, 4.69) is 20.6 Å². The lowest BCUT2D eigenvalue weighted by Crippen LogP contribution is -2.30. The maximum Gasteiger partial charge on any atom is 0.303 e. The van der Waals surface area contributed by atoms with E-state index in [9.17, 15) is 29.4 Å². The number of H-pyrrole nitrogens is 2. The van der Waals surface area contributed by atoms with E-state index < -0.39 is 11.9 Å². The van der Waals surface area contributed by atoms with E-state index in [1.165, 1.54) is 0 Å². The molecule has 0 saturated carbocycles. The van der Waals surface area contributed by atoms with Crippen molar-refractivity contribution in [1.82, 2.24) is 20.6 Å². The number of rotatable bonds is 14. The summed E-state index contributed by atoms with van der Waals surface area (Å²) < 4.78 is 0. The van der Waals surface area contributed by atoms with Crippen molar-refractivity contribution in [3.63, 3.8) is 0 Å². The zero-order valence-corrected chi connectivity index (χ0v) is 26.0. The van der Waals surface area contributed by atoms with Gasteiger partial charge in [-0.1, -0.05) is 13.8 Å². The first-order valence-electron chi connectivity index (χ1n) is 15.2. The molecule has 43 heavy (non-hydrogen) atoms. The zero-order valence-electron chi connectivity index (χ0n) is 26.0. The molecule has 4 heterocycles. The van der Waals surface area contributed by atoms with Crippen molar-refractivity contribution in [2.24, 2.45) is 0 Å². The fraction of sp³-hybridized carbons (Fsp3) is 0.515. The Bertz CT molecular complexity index is 1410. The number of carbonyl (C=O) groups excluding carboxylic acids is 2. The number of hydrogen-bond acceptors (Lipinski definition) is 4. The molecule has 2 amide bonds. The number of amides is 2. The van der Waals surface area contributed by atoms with Gasteiger partial charge in [0, 0.05) is 66.0 Å². The Hall–Kier alpha value is -4.08. The van der Waals surface area contributed by atoms with Gasteiger partial charge in [-0.3, -0.25) is 19.2 Å². The van der Waals surface area contributed by atoms with Gasteiger partial charge in [0.05, 0.1) is 12.1 Å². The number of aliphatic carboxylic acids is 2. The van der Waals surface area contributed by atoms with Crippen molar-refractivity contribution in [2.75, 3.05) is 0 Å². The molecule has 0 fully saturated rings. The topological polar surface area (TPSA) is 164 Å². The Balaban J connectivity index is 1.70. The second kappa shape index (κ2) is 13.1. The van der Waals surface area contributed by atoms with Crippen LogP contribution in [0.1, 0.15) is 98.4 Å². The number of nitrogens with one attached hydrogen (secondary N) is 4. The minimum atomic E-state index is -0.879. The molecule has 0 bridgehead atoms. The van der Waals surface area contributed by atoms with E-state index in [1.807, 2.05) is 41.5 Å². The Morgan fingerprint density at radius 1 is 0.651 bits per heavy atom. The molecule has 0 aromatic carbocycles. The quantitative estimate of drug-likeness (QED) is 0.193. The number of aromatic nitrogens is 2. The molecule has 2 aliphatic heterocycles. The first-order valence-corrected chi connectivity index (χ1v) is 15.2. The van der Waals surface area contributed by atoms with E-state index in [1.54, 1.807) is 0 Å². The normalized spacial score (nSPS) is 18.6. The predicted octanol–water partition coefficient (Wildman–Crippen LogP) is 4.12. The molecule has 232 valence electrons. The molecular weight excluding hydrogens is 548 g/mol. The highest BCUT2D eigenvalue weighted by atomic mass is 16.4. The monoisotopic (exact) mass is 592 g/mol. The maximum absolute atomic E-state index is 12.5. The van der Waals surface area contributed by atoms with E-state index >= 15 is 0 Å². The molecule has 2 atom stereocenters. The van der Waals surface area contributed by atoms with Crippen molar-refractivity contribution in [1.29, 1.82) is 0 Å². The van der Waals surface area contributed by atoms with Crippen LogP contribution in [0.5, 0.6) is 0 Å². The number of aromatic amines is 2. The van der Waals surface area contributed by atoms with Crippen molar-refractivity contribution in [2.45, 2.75) is 111 Å². The first-order chi connectivity index (χ1) is 20.4. The summed E-state index contributed by atoms with van der Waals surface area (Å²) in [6, 6.07) is -0.257. The number of carbonyl (C=O) groups is 4. The smallest absolute Gasteiger partial charge is 0.303 e. The molecule has 2 aliphatic rings. The van der Waals surface area contributed by atoms with Gasteiger partial charge in [-0.05, 0) is 86.8 Å². The molecule has 2 aromatic rings. The highest BCUT2D eigenvalue weighted by molar-refractivity contribution is 5.98. The summed E-state index contributed by atoms with van der Waals surface area (Å²) in [5.41, 5.74) is 11.2. The molecule has 0 spiro atoms. The van der Waals surface area contributed by atoms with Crippen molar-refractivity contribution in [3.05, 3.63) is 67.3 Å². The summed E-state index contributed by atoms with van der Waals surface area (Å²) in [4.78, 5) is 55.1. The average Bonchev–Trinajstić information content (AvgIpc) is 3.58. The predicted molar refractivity (Wildman–Crippen MR) is 163 cm³/mol. The number of carboxylic acid groups (broad SMARTS) is 2. The van der Waals surface area contributed by atoms with Crippen LogP contribution in [-0.2, 0) is 51.3 Å². The van der Waals surface area contributed by atoms with Crippen LogP contribution in [-0.4, -0.2) is 56.0 Å². The molecular formula is C33H44N4O6. The fourth-order valence-corrected chi connectivity index (χ4v) is 6.73. The zero-order chi connectivity index (χ0) is 31.6. The standard InChI is InChI=1S/C33H44N4O6/c1-7-20-16(3)26(36-32(20)42)13-24-18(5)22(9-11-30(38)39)28(34-24)15-29-23(10-12-31(40)41)19(6)25(35-29)14-27-17(4)21(8-2)33(43)37-27/h26-27,34-35H,7-15H2,1-6H3,(H,36,42)(H,37,43)(H,38,39)(H,40,41). The van der Waals surface area contributed by atoms with Gasteiger partial charge in [0.2, 0.25) is 11.8 Å². The van der Waals surface area contributed by atoms with Gasteiger partial charge in [0.15, 0.2) is 0 Å². The number of carboxylic acids is 2. The van der Waals surface area contributed by atoms with Crippen LogP contribution < -0.4 is 10.6 Å². The van der Waals surface area contributed by atoms with E-state index in [-0.39, 0.29) is 36.7 Å². The molecule has 0 aliphatic carbocycles. The average molecular weight is 593 g/mol. The molecule has 2 unspecified atom stereocenters. The van der Waals surface area contributed by atoms with Crippen LogP contribution >= 0.6 is 0 Å². The largest absolute Gasteiger partial charge is 0.481 e. The lowest BCUT2D eigenvalue weighted by Gasteiger charge is -2.12. The van der Waals surface area contributed by atoms with E-state index in [4.69, 9.17) is 0 Å². The van der Waals surface area contributed by atoms with Gasteiger partial charge in [-0.25, -0.2) is 0 Å². The third kappa shape index (κ3) is 6.63. The molecule has 6 N–H and O–H groups in total. The van der Waals surface area contributed by atoms with Crippen LogP contribution in [0.2, 0.25) is 0 Å². The van der Waals surface area contributed by atoms with Gasteiger partial charge < -0.3 is 30.8 Å². The lowest BCUT2D eigenvalue weighted by molar-refractivity contribution is -0.138. The Morgan fingerprint density at radius 3 is 1.33 bits per heavy atom. The van der Waals surface area contributed by atoms with Gasteiger partial charge in [-0.2, -0.15) is 0 Å². The summed E-state index contributed by atoms with van der Waals surface area (Å²) in [6.45, 7) is 11.9. The van der Waals surface area contributed by atoms with Gasteiger partial charge >= 0.3 is 11.9 Å². The van der Waals surface area contributed by atoms with Crippen molar-refractivity contribution < 1.29 is 29.4 Å². The summed E-state index contributed by atoms with van der Waals surface area (Å²) in [7, 11) is 0. The van der Waals surface area contributed by atoms with Crippen molar-refractivity contribution in [3.8, 4) is 0 Å². The third-order valence-corrected chi connectivity index (χ3v) is 9.35. The van der Waals surface area contributed by atoms with Crippen LogP contribution in [0.3, 0.4) is 0 Å². The summed E-state index contributed by atoms with van der Waals surface area (Å²) in [5.74, 6) is -1.83. The van der Waals surface area contributed by atoms with Crippen molar-refractivity contribution >= 4 is 23.8 Å². The first kappa shape index (κ1) is 31.8. The summed E-state index contributed by atoms with van der Waals surface area (Å²) >= 11 is 0. The summed E-state index contributed by atoms with van der Waals surface area (Å²) in [5, 5.41) is 25.1. The van der Waals surface area contributed by atoms with Gasteiger partial charge in [0.25, 0.3) is 0 Å². The Kier molecular flexibility index (Phi) is 9.67. The van der Waals surface area contributed by atoms with Crippen LogP contribution in [0.4, 0.5) is 0 Å². The Morgan fingerprint density at radius 2 is 1.02 bits per heavy atom. The molecule has 4 rings (SSSR count). The maximum atomic E-state index is 12.5. The molecule has 10 nitrogen and oxygen atoms in total. The molecule has 10 heteroatoms. The lowest BCUT2D eigenvalue weighted by atomic mass is 9.96. The molecule has 0 saturated heterocycles. The molecule has 0 radical (unpaired) electrons. The third-order valence-electron chi connectivity index (χ3n) is 9.35.